The predicted octanol–water partition coefficient (Wildman–Crippen LogP) is 1.82. The molecule has 1 fully saturated rings. The second kappa shape index (κ2) is 8.19. The third-order valence-electron chi connectivity index (χ3n) is 4.27. The van der Waals surface area contributed by atoms with Gasteiger partial charge in [0.25, 0.3) is 0 Å². The van der Waals surface area contributed by atoms with Crippen LogP contribution in [0, 0.1) is 0 Å². The fourth-order valence-electron chi connectivity index (χ4n) is 2.78. The van der Waals surface area contributed by atoms with Crippen LogP contribution in [-0.4, -0.2) is 62.2 Å². The third kappa shape index (κ3) is 4.12. The van der Waals surface area contributed by atoms with E-state index >= 15 is 0 Å². The van der Waals surface area contributed by atoms with Gasteiger partial charge in [0.05, 0.1) is 17.7 Å². The Labute approximate surface area is 168 Å². The van der Waals surface area contributed by atoms with E-state index in [4.69, 9.17) is 22.1 Å². The van der Waals surface area contributed by atoms with Gasteiger partial charge < -0.3 is 20.3 Å². The number of aromatic nitrogens is 2. The standard InChI is InChI=1S/C17H20ClN5O4S/c1-2-27-17(24)23-9-7-22(8-10-23)16-20-11-14(15(19)21-16)28(25,26)13-5-3-12(18)4-6-13/h3-6,11H,2,7-10H2,1H3,(H2,19,20,21). The topological polar surface area (TPSA) is 119 Å². The van der Waals surface area contributed by atoms with Gasteiger partial charge in [0.2, 0.25) is 15.8 Å². The molecule has 0 unspecified atom stereocenters. The number of hydrogen-bond acceptors (Lipinski definition) is 8. The van der Waals surface area contributed by atoms with Crippen LogP contribution in [0.3, 0.4) is 0 Å². The molecule has 2 heterocycles. The maximum atomic E-state index is 12.8. The van der Waals surface area contributed by atoms with E-state index in [0.29, 0.717) is 43.8 Å². The molecule has 1 saturated heterocycles. The number of carbonyl (C=O) groups is 1. The van der Waals surface area contributed by atoms with E-state index < -0.39 is 9.84 Å². The van der Waals surface area contributed by atoms with E-state index in [2.05, 4.69) is 9.97 Å². The lowest BCUT2D eigenvalue weighted by atomic mass is 10.3. The molecule has 1 aromatic carbocycles. The minimum absolute atomic E-state index is 0.0583. The Morgan fingerprint density at radius 2 is 1.86 bits per heavy atom. The zero-order chi connectivity index (χ0) is 20.3. The number of nitrogens with zero attached hydrogens (tertiary/aromatic N) is 4. The summed E-state index contributed by atoms with van der Waals surface area (Å²) in [6.45, 7) is 3.95. The first-order valence-electron chi connectivity index (χ1n) is 8.62. The van der Waals surface area contributed by atoms with E-state index in [-0.39, 0.29) is 21.7 Å². The lowest BCUT2D eigenvalue weighted by Crippen LogP contribution is -2.49. The number of ether oxygens (including phenoxy) is 1. The Kier molecular flexibility index (Phi) is 5.90. The van der Waals surface area contributed by atoms with Crippen molar-refractivity contribution in [2.45, 2.75) is 16.7 Å². The van der Waals surface area contributed by atoms with Crippen molar-refractivity contribution in [1.29, 1.82) is 0 Å². The van der Waals surface area contributed by atoms with Gasteiger partial charge in [-0.1, -0.05) is 11.6 Å². The summed E-state index contributed by atoms with van der Waals surface area (Å²) in [7, 11) is -3.86. The molecule has 3 rings (SSSR count). The zero-order valence-electron chi connectivity index (χ0n) is 15.2. The minimum Gasteiger partial charge on any atom is -0.450 e. The molecule has 0 aliphatic carbocycles. The molecule has 1 aliphatic rings. The van der Waals surface area contributed by atoms with E-state index in [1.165, 1.54) is 30.5 Å². The molecule has 1 aromatic heterocycles. The summed E-state index contributed by atoms with van der Waals surface area (Å²) in [5.41, 5.74) is 5.93. The summed E-state index contributed by atoms with van der Waals surface area (Å²) in [4.78, 5) is 23.4. The minimum atomic E-state index is -3.86. The van der Waals surface area contributed by atoms with Gasteiger partial charge in [-0.25, -0.2) is 18.2 Å². The van der Waals surface area contributed by atoms with Crippen molar-refractivity contribution < 1.29 is 17.9 Å². The van der Waals surface area contributed by atoms with Gasteiger partial charge >= 0.3 is 6.09 Å². The van der Waals surface area contributed by atoms with Crippen LogP contribution in [0.25, 0.3) is 0 Å². The van der Waals surface area contributed by atoms with Crippen LogP contribution in [0.15, 0.2) is 40.3 Å². The van der Waals surface area contributed by atoms with Crippen LogP contribution >= 0.6 is 11.6 Å². The van der Waals surface area contributed by atoms with Gasteiger partial charge in [-0.05, 0) is 31.2 Å². The third-order valence-corrected chi connectivity index (χ3v) is 6.31. The monoisotopic (exact) mass is 425 g/mol. The molecule has 0 radical (unpaired) electrons. The molecule has 0 spiro atoms. The number of amides is 1. The van der Waals surface area contributed by atoms with Crippen molar-refractivity contribution in [3.63, 3.8) is 0 Å². The molecule has 0 saturated carbocycles. The van der Waals surface area contributed by atoms with Crippen molar-refractivity contribution >= 4 is 39.3 Å². The second-order valence-electron chi connectivity index (χ2n) is 6.05. The summed E-state index contributed by atoms with van der Waals surface area (Å²) in [5, 5.41) is 0.431. The number of nitrogens with two attached hydrogens (primary N) is 1. The first kappa shape index (κ1) is 20.2. The molecule has 0 bridgehead atoms. The number of anilines is 2. The van der Waals surface area contributed by atoms with E-state index in [1.54, 1.807) is 11.8 Å². The van der Waals surface area contributed by atoms with Crippen LogP contribution in [0.4, 0.5) is 16.6 Å². The van der Waals surface area contributed by atoms with E-state index in [9.17, 15) is 13.2 Å². The highest BCUT2D eigenvalue weighted by atomic mass is 35.5. The number of rotatable bonds is 4. The summed E-state index contributed by atoms with van der Waals surface area (Å²) in [6.07, 6.45) is 0.853. The van der Waals surface area contributed by atoms with Gasteiger partial charge in [0.1, 0.15) is 10.7 Å². The second-order valence-corrected chi connectivity index (χ2v) is 8.40. The Hall–Kier alpha value is -2.59. The number of benzene rings is 1. The molecule has 1 amide bonds. The van der Waals surface area contributed by atoms with Crippen LogP contribution in [-0.2, 0) is 14.6 Å². The summed E-state index contributed by atoms with van der Waals surface area (Å²) < 4.78 is 30.5. The maximum absolute atomic E-state index is 12.8. The van der Waals surface area contributed by atoms with Gasteiger partial charge in [-0.15, -0.1) is 0 Å². The highest BCUT2D eigenvalue weighted by Crippen LogP contribution is 2.26. The first-order valence-corrected chi connectivity index (χ1v) is 10.5. The quantitative estimate of drug-likeness (QED) is 0.787. The molecule has 9 nitrogen and oxygen atoms in total. The fraction of sp³-hybridized carbons (Fsp3) is 0.353. The van der Waals surface area contributed by atoms with Crippen molar-refractivity contribution in [3.05, 3.63) is 35.5 Å². The van der Waals surface area contributed by atoms with Crippen LogP contribution in [0.1, 0.15) is 6.92 Å². The smallest absolute Gasteiger partial charge is 0.409 e. The Morgan fingerprint density at radius 1 is 1.21 bits per heavy atom. The molecule has 28 heavy (non-hydrogen) atoms. The van der Waals surface area contributed by atoms with Gasteiger partial charge in [-0.2, -0.15) is 4.98 Å². The summed E-state index contributed by atoms with van der Waals surface area (Å²) >= 11 is 5.81. The average Bonchev–Trinajstić information content (AvgIpc) is 2.68. The number of piperazine rings is 1. The van der Waals surface area contributed by atoms with Crippen LogP contribution in [0.2, 0.25) is 5.02 Å². The van der Waals surface area contributed by atoms with Crippen molar-refractivity contribution in [3.8, 4) is 0 Å². The van der Waals surface area contributed by atoms with Crippen molar-refractivity contribution in [1.82, 2.24) is 14.9 Å². The molecule has 150 valence electrons. The van der Waals surface area contributed by atoms with Gasteiger partial charge in [-0.3, -0.25) is 0 Å². The normalized spacial score (nSPS) is 14.8. The Bertz CT molecular complexity index is 960. The number of halogens is 1. The molecular formula is C17H20ClN5O4S. The largest absolute Gasteiger partial charge is 0.450 e. The van der Waals surface area contributed by atoms with Crippen molar-refractivity contribution in [2.24, 2.45) is 0 Å². The molecule has 1 aliphatic heterocycles. The zero-order valence-corrected chi connectivity index (χ0v) is 16.8. The van der Waals surface area contributed by atoms with E-state index in [0.717, 1.165) is 0 Å². The Morgan fingerprint density at radius 3 is 2.43 bits per heavy atom. The van der Waals surface area contributed by atoms with Gasteiger partial charge in [0, 0.05) is 31.2 Å². The lowest BCUT2D eigenvalue weighted by Gasteiger charge is -2.34. The van der Waals surface area contributed by atoms with E-state index in [1.807, 2.05) is 4.90 Å². The molecule has 11 heteroatoms. The highest BCUT2D eigenvalue weighted by molar-refractivity contribution is 7.91. The van der Waals surface area contributed by atoms with Crippen LogP contribution < -0.4 is 10.6 Å². The predicted molar refractivity (Wildman–Crippen MR) is 104 cm³/mol. The number of hydrogen-bond donors (Lipinski definition) is 1. The molecule has 2 aromatic rings. The molecule has 0 atom stereocenters. The maximum Gasteiger partial charge on any atom is 0.409 e. The summed E-state index contributed by atoms with van der Waals surface area (Å²) in [5.74, 6) is 0.184. The molecule has 2 N–H and O–H groups in total. The SMILES string of the molecule is CCOC(=O)N1CCN(c2ncc(S(=O)(=O)c3ccc(Cl)cc3)c(N)n2)CC1. The highest BCUT2D eigenvalue weighted by Gasteiger charge is 2.26. The average molecular weight is 426 g/mol. The van der Waals surface area contributed by atoms with Gasteiger partial charge in [0.15, 0.2) is 0 Å². The van der Waals surface area contributed by atoms with Crippen LogP contribution in [0.5, 0.6) is 0 Å². The Balaban J connectivity index is 1.76. The fourth-order valence-corrected chi connectivity index (χ4v) is 4.16. The van der Waals surface area contributed by atoms with Crippen molar-refractivity contribution in [2.75, 3.05) is 43.4 Å². The number of sulfone groups is 1. The number of nitrogen functional groups attached to an aromatic ring is 1. The number of carbonyl (C=O) groups excluding carboxylic acids is 1. The molecular weight excluding hydrogens is 406 g/mol. The summed E-state index contributed by atoms with van der Waals surface area (Å²) in [6, 6.07) is 5.78. The lowest BCUT2D eigenvalue weighted by molar-refractivity contribution is 0.105. The first-order chi connectivity index (χ1) is 13.3.